The van der Waals surface area contributed by atoms with Crippen molar-refractivity contribution in [2.45, 2.75) is 20.8 Å². The van der Waals surface area contributed by atoms with Gasteiger partial charge in [-0.2, -0.15) is 5.10 Å². The number of hydrogen-bond acceptors (Lipinski definition) is 4. The number of halogens is 1. The van der Waals surface area contributed by atoms with Crippen molar-refractivity contribution < 1.29 is 9.53 Å². The van der Waals surface area contributed by atoms with Crippen LogP contribution >= 0.6 is 11.6 Å². The molecule has 4 rings (SSSR count). The lowest BCUT2D eigenvalue weighted by atomic mass is 10.1. The fourth-order valence-electron chi connectivity index (χ4n) is 4.08. The van der Waals surface area contributed by atoms with Crippen LogP contribution in [0.25, 0.3) is 11.3 Å². The number of rotatable bonds is 5. The van der Waals surface area contributed by atoms with Crippen LogP contribution in [0.1, 0.15) is 28.4 Å². The molecule has 0 saturated carbocycles. The summed E-state index contributed by atoms with van der Waals surface area (Å²) in [6, 6.07) is 12.0. The molecule has 1 saturated heterocycles. The molecule has 0 atom stereocenters. The first-order valence-corrected chi connectivity index (χ1v) is 10.9. The summed E-state index contributed by atoms with van der Waals surface area (Å²) >= 11 is 6.34. The Morgan fingerprint density at radius 2 is 1.90 bits per heavy atom. The van der Waals surface area contributed by atoms with Crippen LogP contribution in [-0.4, -0.2) is 53.8 Å². The van der Waals surface area contributed by atoms with Gasteiger partial charge >= 0.3 is 0 Å². The van der Waals surface area contributed by atoms with Gasteiger partial charge in [0.2, 0.25) is 0 Å². The zero-order valence-electron chi connectivity index (χ0n) is 18.1. The van der Waals surface area contributed by atoms with Gasteiger partial charge in [-0.15, -0.1) is 0 Å². The molecule has 7 heteroatoms. The number of carbonyl (C=O) groups excluding carboxylic acids is 1. The molecule has 6 nitrogen and oxygen atoms in total. The van der Waals surface area contributed by atoms with E-state index >= 15 is 0 Å². The Kier molecular flexibility index (Phi) is 6.18. The summed E-state index contributed by atoms with van der Waals surface area (Å²) in [5, 5.41) is 7.60. The fourth-order valence-corrected chi connectivity index (χ4v) is 4.31. The average Bonchev–Trinajstić information content (AvgIpc) is 3.25. The monoisotopic (exact) mass is 438 g/mol. The maximum Gasteiger partial charge on any atom is 0.257 e. The SMILES string of the molecule is CCOc1ccc(-c2[nH]ncc2C(=O)N2CCN(c3ccc(C)cc3C)CC2)cc1Cl. The highest BCUT2D eigenvalue weighted by atomic mass is 35.5. The highest BCUT2D eigenvalue weighted by molar-refractivity contribution is 6.32. The van der Waals surface area contributed by atoms with Crippen LogP contribution in [0.4, 0.5) is 5.69 Å². The van der Waals surface area contributed by atoms with E-state index in [1.165, 1.54) is 16.8 Å². The second-order valence-electron chi connectivity index (χ2n) is 7.81. The molecule has 0 bridgehead atoms. The number of anilines is 1. The van der Waals surface area contributed by atoms with Gasteiger partial charge in [0.05, 0.1) is 29.1 Å². The number of hydrogen-bond donors (Lipinski definition) is 1. The third-order valence-corrected chi connectivity index (χ3v) is 5.95. The Balaban J connectivity index is 1.48. The molecule has 0 aliphatic carbocycles. The molecule has 3 aromatic rings. The largest absolute Gasteiger partial charge is 0.492 e. The van der Waals surface area contributed by atoms with E-state index < -0.39 is 0 Å². The normalized spacial score (nSPS) is 14.1. The second-order valence-corrected chi connectivity index (χ2v) is 8.21. The van der Waals surface area contributed by atoms with Gasteiger partial charge in [0.1, 0.15) is 5.75 Å². The third kappa shape index (κ3) is 4.39. The minimum Gasteiger partial charge on any atom is -0.492 e. The zero-order valence-corrected chi connectivity index (χ0v) is 18.9. The second kappa shape index (κ2) is 9.02. The van der Waals surface area contributed by atoms with Crippen LogP contribution in [0, 0.1) is 13.8 Å². The summed E-state index contributed by atoms with van der Waals surface area (Å²) in [6.45, 7) is 9.64. The van der Waals surface area contributed by atoms with Gasteiger partial charge in [-0.3, -0.25) is 9.89 Å². The van der Waals surface area contributed by atoms with Gasteiger partial charge in [0, 0.05) is 37.4 Å². The maximum absolute atomic E-state index is 13.3. The number of aryl methyl sites for hydroxylation is 2. The first kappa shape index (κ1) is 21.2. The Morgan fingerprint density at radius 3 is 2.58 bits per heavy atom. The van der Waals surface area contributed by atoms with Crippen molar-refractivity contribution in [3.63, 3.8) is 0 Å². The third-order valence-electron chi connectivity index (χ3n) is 5.65. The van der Waals surface area contributed by atoms with Crippen LogP contribution in [0.3, 0.4) is 0 Å². The van der Waals surface area contributed by atoms with E-state index in [4.69, 9.17) is 16.3 Å². The van der Waals surface area contributed by atoms with Gasteiger partial charge in [-0.1, -0.05) is 29.3 Å². The molecule has 0 unspecified atom stereocenters. The summed E-state index contributed by atoms with van der Waals surface area (Å²) in [7, 11) is 0. The Bertz CT molecular complexity index is 1090. The molecule has 0 spiro atoms. The van der Waals surface area contributed by atoms with Crippen molar-refractivity contribution in [1.29, 1.82) is 0 Å². The molecule has 1 fully saturated rings. The standard InChI is InChI=1S/C24H27ClN4O2/c1-4-31-22-8-6-18(14-20(22)25)23-19(15-26-27-23)24(30)29-11-9-28(10-12-29)21-7-5-16(2)13-17(21)3/h5-8,13-15H,4,9-12H2,1-3H3,(H,26,27). The van der Waals surface area contributed by atoms with E-state index in [-0.39, 0.29) is 5.91 Å². The average molecular weight is 439 g/mol. The van der Waals surface area contributed by atoms with Crippen LogP contribution in [0.15, 0.2) is 42.6 Å². The molecule has 1 amide bonds. The summed E-state index contributed by atoms with van der Waals surface area (Å²) in [6.07, 6.45) is 1.60. The predicted octanol–water partition coefficient (Wildman–Crippen LogP) is 4.71. The van der Waals surface area contributed by atoms with Gasteiger partial charge in [-0.25, -0.2) is 0 Å². The van der Waals surface area contributed by atoms with E-state index in [2.05, 4.69) is 47.1 Å². The highest BCUT2D eigenvalue weighted by Crippen LogP contribution is 2.31. The van der Waals surface area contributed by atoms with E-state index in [1.54, 1.807) is 12.3 Å². The number of benzene rings is 2. The Hall–Kier alpha value is -2.99. The van der Waals surface area contributed by atoms with Crippen LogP contribution in [0.5, 0.6) is 5.75 Å². The topological polar surface area (TPSA) is 61.5 Å². The Morgan fingerprint density at radius 1 is 1.13 bits per heavy atom. The molecule has 2 heterocycles. The fraction of sp³-hybridized carbons (Fsp3) is 0.333. The molecular formula is C24H27ClN4O2. The number of piperazine rings is 1. The number of aromatic nitrogens is 2. The Labute approximate surface area is 187 Å². The van der Waals surface area contributed by atoms with Crippen molar-refractivity contribution in [3.8, 4) is 17.0 Å². The quantitative estimate of drug-likeness (QED) is 0.626. The molecule has 162 valence electrons. The highest BCUT2D eigenvalue weighted by Gasteiger charge is 2.26. The molecule has 31 heavy (non-hydrogen) atoms. The maximum atomic E-state index is 13.3. The minimum atomic E-state index is -0.0194. The van der Waals surface area contributed by atoms with Crippen molar-refractivity contribution in [2.75, 3.05) is 37.7 Å². The first-order chi connectivity index (χ1) is 15.0. The molecule has 1 aliphatic rings. The van der Waals surface area contributed by atoms with Crippen molar-refractivity contribution in [1.82, 2.24) is 15.1 Å². The summed E-state index contributed by atoms with van der Waals surface area (Å²) < 4.78 is 5.51. The number of aromatic amines is 1. The number of carbonyl (C=O) groups is 1. The summed E-state index contributed by atoms with van der Waals surface area (Å²) in [4.78, 5) is 17.5. The molecule has 2 aromatic carbocycles. The summed E-state index contributed by atoms with van der Waals surface area (Å²) in [5.41, 5.74) is 5.81. The van der Waals surface area contributed by atoms with Gasteiger partial charge in [0.25, 0.3) is 5.91 Å². The number of H-pyrrole nitrogens is 1. The van der Waals surface area contributed by atoms with E-state index in [0.29, 0.717) is 41.7 Å². The molecule has 0 radical (unpaired) electrons. The van der Waals surface area contributed by atoms with Crippen LogP contribution < -0.4 is 9.64 Å². The van der Waals surface area contributed by atoms with E-state index in [9.17, 15) is 4.79 Å². The van der Waals surface area contributed by atoms with Crippen molar-refractivity contribution >= 4 is 23.2 Å². The number of nitrogens with one attached hydrogen (secondary N) is 1. The van der Waals surface area contributed by atoms with E-state index in [0.717, 1.165) is 18.7 Å². The first-order valence-electron chi connectivity index (χ1n) is 10.6. The lowest BCUT2D eigenvalue weighted by Gasteiger charge is -2.37. The summed E-state index contributed by atoms with van der Waals surface area (Å²) in [5.74, 6) is 0.608. The lowest BCUT2D eigenvalue weighted by molar-refractivity contribution is 0.0747. The molecular weight excluding hydrogens is 412 g/mol. The van der Waals surface area contributed by atoms with Crippen LogP contribution in [0.2, 0.25) is 5.02 Å². The smallest absolute Gasteiger partial charge is 0.257 e. The molecule has 1 N–H and O–H groups in total. The van der Waals surface area contributed by atoms with Crippen molar-refractivity contribution in [3.05, 3.63) is 64.3 Å². The van der Waals surface area contributed by atoms with E-state index in [1.807, 2.05) is 24.0 Å². The predicted molar refractivity (Wildman–Crippen MR) is 124 cm³/mol. The lowest BCUT2D eigenvalue weighted by Crippen LogP contribution is -2.49. The van der Waals surface area contributed by atoms with Gasteiger partial charge < -0.3 is 14.5 Å². The molecule has 1 aromatic heterocycles. The van der Waals surface area contributed by atoms with Gasteiger partial charge in [0.15, 0.2) is 0 Å². The molecule has 1 aliphatic heterocycles. The van der Waals surface area contributed by atoms with Gasteiger partial charge in [-0.05, 0) is 50.6 Å². The van der Waals surface area contributed by atoms with Crippen LogP contribution in [-0.2, 0) is 0 Å². The number of amides is 1. The minimum absolute atomic E-state index is 0.0194. The number of ether oxygens (including phenoxy) is 1. The zero-order chi connectivity index (χ0) is 22.0. The van der Waals surface area contributed by atoms with Crippen molar-refractivity contribution in [2.24, 2.45) is 0 Å². The number of nitrogens with zero attached hydrogens (tertiary/aromatic N) is 3.